The highest BCUT2D eigenvalue weighted by molar-refractivity contribution is 5.69. The second kappa shape index (κ2) is 7.30. The summed E-state index contributed by atoms with van der Waals surface area (Å²) in [6.45, 7) is 2.43. The van der Waals surface area contributed by atoms with E-state index >= 15 is 0 Å². The average Bonchev–Trinajstić information content (AvgIpc) is 2.36. The van der Waals surface area contributed by atoms with Crippen molar-refractivity contribution in [3.8, 4) is 0 Å². The molecule has 1 aromatic rings. The van der Waals surface area contributed by atoms with Crippen LogP contribution in [0.2, 0.25) is 0 Å². The molecule has 1 aromatic heterocycles. The lowest BCUT2D eigenvalue weighted by atomic mass is 10.2. The summed E-state index contributed by atoms with van der Waals surface area (Å²) >= 11 is 0. The van der Waals surface area contributed by atoms with E-state index in [-0.39, 0.29) is 23.6 Å². The molecule has 0 saturated heterocycles. The molecule has 0 aliphatic carbocycles. The first-order valence-corrected chi connectivity index (χ1v) is 6.05. The van der Waals surface area contributed by atoms with Gasteiger partial charge < -0.3 is 9.30 Å². The van der Waals surface area contributed by atoms with Crippen LogP contribution in [0, 0.1) is 10.1 Å². The largest absolute Gasteiger partial charge is 0.466 e. The highest BCUT2D eigenvalue weighted by Gasteiger charge is 2.08. The number of nitro groups is 1. The molecular formula is C12H16N2O5. The summed E-state index contributed by atoms with van der Waals surface area (Å²) < 4.78 is 6.05. The van der Waals surface area contributed by atoms with Gasteiger partial charge in [-0.05, 0) is 19.8 Å². The minimum atomic E-state index is -0.547. The molecule has 0 N–H and O–H groups in total. The summed E-state index contributed by atoms with van der Waals surface area (Å²) in [4.78, 5) is 32.6. The molecule has 0 atom stereocenters. The number of pyridine rings is 1. The summed E-state index contributed by atoms with van der Waals surface area (Å²) in [5.41, 5.74) is -0.410. The zero-order valence-electron chi connectivity index (χ0n) is 10.7. The molecule has 0 aliphatic heterocycles. The summed E-state index contributed by atoms with van der Waals surface area (Å²) in [5, 5.41) is 10.6. The number of aryl methyl sites for hydroxylation is 1. The Hall–Kier alpha value is -2.18. The highest BCUT2D eigenvalue weighted by Crippen LogP contribution is 2.07. The van der Waals surface area contributed by atoms with Crippen LogP contribution in [0.1, 0.15) is 26.2 Å². The van der Waals surface area contributed by atoms with Crippen LogP contribution in [0.4, 0.5) is 5.69 Å². The molecular weight excluding hydrogens is 252 g/mol. The molecule has 0 saturated carbocycles. The normalized spacial score (nSPS) is 10.2. The number of carbonyl (C=O) groups excluding carboxylic acids is 1. The Balaban J connectivity index is 2.49. The molecule has 1 rings (SSSR count). The second-order valence-corrected chi connectivity index (χ2v) is 3.94. The van der Waals surface area contributed by atoms with Gasteiger partial charge in [0.25, 0.3) is 11.2 Å². The van der Waals surface area contributed by atoms with Gasteiger partial charge in [0.1, 0.15) is 0 Å². The van der Waals surface area contributed by atoms with Crippen molar-refractivity contribution in [3.05, 3.63) is 38.8 Å². The topological polar surface area (TPSA) is 91.4 Å². The Labute approximate surface area is 110 Å². The van der Waals surface area contributed by atoms with E-state index in [9.17, 15) is 19.7 Å². The number of carbonyl (C=O) groups is 1. The zero-order valence-corrected chi connectivity index (χ0v) is 10.7. The zero-order chi connectivity index (χ0) is 14.3. The van der Waals surface area contributed by atoms with Crippen LogP contribution in [-0.2, 0) is 16.1 Å². The number of aromatic nitrogens is 1. The lowest BCUT2D eigenvalue weighted by molar-refractivity contribution is -0.385. The predicted octanol–water partition coefficient (Wildman–Crippen LogP) is 1.49. The number of ether oxygens (including phenoxy) is 1. The van der Waals surface area contributed by atoms with E-state index in [1.165, 1.54) is 22.9 Å². The monoisotopic (exact) mass is 268 g/mol. The van der Waals surface area contributed by atoms with Crippen molar-refractivity contribution in [3.63, 3.8) is 0 Å². The summed E-state index contributed by atoms with van der Waals surface area (Å²) in [6, 6.07) is 2.35. The molecule has 0 bridgehead atoms. The first-order chi connectivity index (χ1) is 9.04. The van der Waals surface area contributed by atoms with Crippen molar-refractivity contribution in [2.24, 2.45) is 0 Å². The van der Waals surface area contributed by atoms with Gasteiger partial charge in [0, 0.05) is 25.1 Å². The van der Waals surface area contributed by atoms with E-state index < -0.39 is 4.92 Å². The summed E-state index contributed by atoms with van der Waals surface area (Å²) in [7, 11) is 0. The van der Waals surface area contributed by atoms with Crippen LogP contribution < -0.4 is 5.56 Å². The Morgan fingerprint density at radius 1 is 1.42 bits per heavy atom. The molecule has 0 radical (unpaired) electrons. The summed E-state index contributed by atoms with van der Waals surface area (Å²) in [5.74, 6) is -0.270. The Kier molecular flexibility index (Phi) is 5.72. The van der Waals surface area contributed by atoms with Gasteiger partial charge in [-0.1, -0.05) is 0 Å². The number of hydrogen-bond acceptors (Lipinski definition) is 5. The van der Waals surface area contributed by atoms with Gasteiger partial charge in [-0.15, -0.1) is 0 Å². The quantitative estimate of drug-likeness (QED) is 0.323. The minimum Gasteiger partial charge on any atom is -0.466 e. The highest BCUT2D eigenvalue weighted by atomic mass is 16.6. The van der Waals surface area contributed by atoms with Crippen molar-refractivity contribution in [2.75, 3.05) is 6.61 Å². The number of unbranched alkanes of at least 4 members (excludes halogenated alkanes) is 1. The van der Waals surface area contributed by atoms with E-state index in [2.05, 4.69) is 0 Å². The van der Waals surface area contributed by atoms with Crippen LogP contribution in [0.3, 0.4) is 0 Å². The number of rotatable bonds is 7. The van der Waals surface area contributed by atoms with E-state index in [1.807, 2.05) is 0 Å². The van der Waals surface area contributed by atoms with Crippen molar-refractivity contribution >= 4 is 11.7 Å². The minimum absolute atomic E-state index is 0.120. The van der Waals surface area contributed by atoms with Gasteiger partial charge in [-0.25, -0.2) is 0 Å². The maximum atomic E-state index is 11.5. The lowest BCUT2D eigenvalue weighted by Crippen LogP contribution is -2.19. The molecule has 0 unspecified atom stereocenters. The molecule has 0 aromatic carbocycles. The van der Waals surface area contributed by atoms with Gasteiger partial charge in [0.15, 0.2) is 0 Å². The Morgan fingerprint density at radius 2 is 2.16 bits per heavy atom. The standard InChI is InChI=1S/C12H16N2O5/c1-2-19-12(16)5-3-4-8-13-9-10(14(17)18)6-7-11(13)15/h6-7,9H,2-5,8H2,1H3. The van der Waals surface area contributed by atoms with E-state index in [4.69, 9.17) is 4.74 Å². The van der Waals surface area contributed by atoms with Crippen molar-refractivity contribution in [1.82, 2.24) is 4.57 Å². The van der Waals surface area contributed by atoms with Gasteiger partial charge >= 0.3 is 5.97 Å². The fourth-order valence-corrected chi connectivity index (χ4v) is 1.59. The molecule has 0 amide bonds. The van der Waals surface area contributed by atoms with Crippen LogP contribution in [0.5, 0.6) is 0 Å². The average molecular weight is 268 g/mol. The van der Waals surface area contributed by atoms with Crippen molar-refractivity contribution in [2.45, 2.75) is 32.7 Å². The third-order valence-corrected chi connectivity index (χ3v) is 2.51. The first-order valence-electron chi connectivity index (χ1n) is 6.05. The third kappa shape index (κ3) is 4.90. The van der Waals surface area contributed by atoms with Crippen molar-refractivity contribution < 1.29 is 14.5 Å². The molecule has 0 aliphatic rings. The van der Waals surface area contributed by atoms with Crippen LogP contribution in [0.15, 0.2) is 23.1 Å². The van der Waals surface area contributed by atoms with Gasteiger partial charge in [-0.2, -0.15) is 0 Å². The Morgan fingerprint density at radius 3 is 2.79 bits per heavy atom. The van der Waals surface area contributed by atoms with Crippen LogP contribution in [0.25, 0.3) is 0 Å². The van der Waals surface area contributed by atoms with E-state index in [1.54, 1.807) is 6.92 Å². The number of esters is 1. The van der Waals surface area contributed by atoms with Gasteiger partial charge in [-0.3, -0.25) is 19.7 Å². The maximum absolute atomic E-state index is 11.5. The van der Waals surface area contributed by atoms with Crippen LogP contribution >= 0.6 is 0 Å². The van der Waals surface area contributed by atoms with Gasteiger partial charge in [0.2, 0.25) is 0 Å². The number of hydrogen-bond donors (Lipinski definition) is 0. The molecule has 1 heterocycles. The fraction of sp³-hybridized carbons (Fsp3) is 0.500. The molecule has 7 heteroatoms. The smallest absolute Gasteiger partial charge is 0.305 e. The number of nitrogens with zero attached hydrogens (tertiary/aromatic N) is 2. The maximum Gasteiger partial charge on any atom is 0.305 e. The molecule has 0 spiro atoms. The van der Waals surface area contributed by atoms with Crippen molar-refractivity contribution in [1.29, 1.82) is 0 Å². The molecule has 19 heavy (non-hydrogen) atoms. The summed E-state index contributed by atoms with van der Waals surface area (Å²) in [6.07, 6.45) is 2.66. The third-order valence-electron chi connectivity index (χ3n) is 2.51. The van der Waals surface area contributed by atoms with Gasteiger partial charge in [0.05, 0.1) is 17.7 Å². The predicted molar refractivity (Wildman–Crippen MR) is 67.8 cm³/mol. The van der Waals surface area contributed by atoms with Crippen LogP contribution in [-0.4, -0.2) is 22.1 Å². The first kappa shape index (κ1) is 14.9. The fourth-order valence-electron chi connectivity index (χ4n) is 1.59. The lowest BCUT2D eigenvalue weighted by Gasteiger charge is -2.05. The molecule has 104 valence electrons. The van der Waals surface area contributed by atoms with E-state index in [0.717, 1.165) is 0 Å². The second-order valence-electron chi connectivity index (χ2n) is 3.94. The Bertz CT molecular complexity index is 509. The molecule has 0 fully saturated rings. The van der Waals surface area contributed by atoms with E-state index in [0.29, 0.717) is 26.0 Å². The molecule has 7 nitrogen and oxygen atoms in total. The SMILES string of the molecule is CCOC(=O)CCCCn1cc([N+](=O)[O-])ccc1=O.